The molecule has 0 aliphatic heterocycles. The van der Waals surface area contributed by atoms with E-state index < -0.39 is 11.7 Å². The number of aromatic nitrogens is 2. The number of nitrogens with zero attached hydrogens (tertiary/aromatic N) is 2. The fourth-order valence-electron chi connectivity index (χ4n) is 2.75. The topological polar surface area (TPSA) is 58.9 Å². The minimum atomic E-state index is -4.42. The number of rotatable bonds is 6. The summed E-state index contributed by atoms with van der Waals surface area (Å²) in [5, 5.41) is 10.1. The zero-order valence-corrected chi connectivity index (χ0v) is 14.6. The Morgan fingerprint density at radius 2 is 2.12 bits per heavy atom. The Morgan fingerprint density at radius 1 is 1.38 bits per heavy atom. The quantitative estimate of drug-likeness (QED) is 0.826. The van der Waals surface area contributed by atoms with Crippen molar-refractivity contribution in [1.82, 2.24) is 20.4 Å². The van der Waals surface area contributed by atoms with E-state index in [1.54, 1.807) is 13.1 Å². The van der Waals surface area contributed by atoms with E-state index in [0.717, 1.165) is 25.0 Å². The molecule has 3 rings (SSSR count). The van der Waals surface area contributed by atoms with Crippen LogP contribution in [0.1, 0.15) is 47.3 Å². The molecule has 2 aromatic rings. The lowest BCUT2D eigenvalue weighted by atomic mass is 10.1. The van der Waals surface area contributed by atoms with Crippen LogP contribution in [0, 0.1) is 0 Å². The normalized spacial score (nSPS) is 15.7. The van der Waals surface area contributed by atoms with E-state index in [0.29, 0.717) is 23.5 Å². The molecule has 1 aromatic heterocycles. The average Bonchev–Trinajstić information content (AvgIpc) is 3.36. The van der Waals surface area contributed by atoms with E-state index in [1.165, 1.54) is 16.9 Å². The highest BCUT2D eigenvalue weighted by molar-refractivity contribution is 5.95. The summed E-state index contributed by atoms with van der Waals surface area (Å²) in [7, 11) is 1.80. The Bertz CT molecular complexity index is 796. The molecular formula is C18H21F3N4O. The van der Waals surface area contributed by atoms with Crippen molar-refractivity contribution in [3.63, 3.8) is 0 Å². The van der Waals surface area contributed by atoms with E-state index in [1.807, 2.05) is 6.92 Å². The van der Waals surface area contributed by atoms with Crippen LogP contribution in [-0.2, 0) is 6.18 Å². The number of halogens is 3. The van der Waals surface area contributed by atoms with Crippen LogP contribution in [0.15, 0.2) is 30.5 Å². The number of carbonyl (C=O) groups excluding carboxylic acids is 1. The van der Waals surface area contributed by atoms with E-state index in [-0.39, 0.29) is 17.9 Å². The van der Waals surface area contributed by atoms with Gasteiger partial charge in [0.05, 0.1) is 28.7 Å². The summed E-state index contributed by atoms with van der Waals surface area (Å²) in [4.78, 5) is 12.5. The number of nitrogens with one attached hydrogen (secondary N) is 2. The number of amides is 1. The monoisotopic (exact) mass is 366 g/mol. The maximum atomic E-state index is 13.0. The lowest BCUT2D eigenvalue weighted by Gasteiger charge is -2.13. The summed E-state index contributed by atoms with van der Waals surface area (Å²) in [6.07, 6.45) is -1.19. The molecule has 1 aliphatic rings. The first-order valence-electron chi connectivity index (χ1n) is 8.52. The summed E-state index contributed by atoms with van der Waals surface area (Å²) in [5.74, 6) is -0.109. The summed E-state index contributed by atoms with van der Waals surface area (Å²) in [5.41, 5.74) is 0.678. The standard InChI is InChI=1S/C18H21F3N4O/c1-11(22-2)9-23-17(26)15-10-24-25(16(15)12-6-7-12)14-5-3-4-13(8-14)18(19,20)21/h3-5,8,10-12,22H,6-7,9H2,1-2H3,(H,23,26). The summed E-state index contributed by atoms with van der Waals surface area (Å²) in [6, 6.07) is 5.12. The lowest BCUT2D eigenvalue weighted by Crippen LogP contribution is -2.37. The third-order valence-electron chi connectivity index (χ3n) is 4.49. The second-order valence-corrected chi connectivity index (χ2v) is 6.58. The third-order valence-corrected chi connectivity index (χ3v) is 4.49. The first kappa shape index (κ1) is 18.4. The van der Waals surface area contributed by atoms with Gasteiger partial charge in [-0.05, 0) is 45.0 Å². The van der Waals surface area contributed by atoms with Crippen LogP contribution in [0.25, 0.3) is 5.69 Å². The molecule has 1 aliphatic carbocycles. The van der Waals surface area contributed by atoms with Crippen LogP contribution in [0.2, 0.25) is 0 Å². The molecule has 1 unspecified atom stereocenters. The molecule has 0 radical (unpaired) electrons. The Labute approximate surface area is 149 Å². The minimum Gasteiger partial charge on any atom is -0.350 e. The Hall–Kier alpha value is -2.35. The first-order valence-corrected chi connectivity index (χ1v) is 8.52. The number of benzene rings is 1. The van der Waals surface area contributed by atoms with Crippen molar-refractivity contribution in [2.75, 3.05) is 13.6 Å². The predicted molar refractivity (Wildman–Crippen MR) is 91.4 cm³/mol. The van der Waals surface area contributed by atoms with E-state index in [2.05, 4.69) is 15.7 Å². The molecule has 0 saturated heterocycles. The predicted octanol–water partition coefficient (Wildman–Crippen LogP) is 3.11. The Morgan fingerprint density at radius 3 is 2.73 bits per heavy atom. The van der Waals surface area contributed by atoms with Crippen LogP contribution < -0.4 is 10.6 Å². The van der Waals surface area contributed by atoms with Gasteiger partial charge in [-0.2, -0.15) is 18.3 Å². The smallest absolute Gasteiger partial charge is 0.350 e. The summed E-state index contributed by atoms with van der Waals surface area (Å²) >= 11 is 0. The first-order chi connectivity index (χ1) is 12.3. The Kier molecular flexibility index (Phi) is 5.04. The highest BCUT2D eigenvalue weighted by atomic mass is 19.4. The number of likely N-dealkylation sites (N-methyl/N-ethyl adjacent to an activating group) is 1. The fourth-order valence-corrected chi connectivity index (χ4v) is 2.75. The van der Waals surface area contributed by atoms with Gasteiger partial charge in [0.25, 0.3) is 5.91 Å². The zero-order chi connectivity index (χ0) is 18.9. The molecule has 0 bridgehead atoms. The maximum absolute atomic E-state index is 13.0. The van der Waals surface area contributed by atoms with Crippen molar-refractivity contribution in [2.45, 2.75) is 37.9 Å². The van der Waals surface area contributed by atoms with Gasteiger partial charge >= 0.3 is 6.18 Å². The van der Waals surface area contributed by atoms with Crippen molar-refractivity contribution in [2.24, 2.45) is 0 Å². The minimum absolute atomic E-state index is 0.113. The van der Waals surface area contributed by atoms with E-state index in [4.69, 9.17) is 0 Å². The summed E-state index contributed by atoms with van der Waals surface area (Å²) in [6.45, 7) is 2.39. The van der Waals surface area contributed by atoms with Crippen LogP contribution in [-0.4, -0.2) is 35.3 Å². The second-order valence-electron chi connectivity index (χ2n) is 6.58. The van der Waals surface area contributed by atoms with Crippen molar-refractivity contribution in [3.05, 3.63) is 47.3 Å². The number of hydrogen-bond acceptors (Lipinski definition) is 3. The van der Waals surface area contributed by atoms with Crippen LogP contribution in [0.4, 0.5) is 13.2 Å². The molecule has 1 atom stereocenters. The number of alkyl halides is 3. The van der Waals surface area contributed by atoms with Crippen LogP contribution >= 0.6 is 0 Å². The molecule has 2 N–H and O–H groups in total. The molecule has 0 spiro atoms. The van der Waals surface area contributed by atoms with Gasteiger partial charge in [-0.1, -0.05) is 6.07 Å². The van der Waals surface area contributed by atoms with Gasteiger partial charge in [-0.25, -0.2) is 4.68 Å². The Balaban J connectivity index is 1.92. The molecule has 1 fully saturated rings. The lowest BCUT2D eigenvalue weighted by molar-refractivity contribution is -0.137. The van der Waals surface area contributed by atoms with Crippen molar-refractivity contribution in [3.8, 4) is 5.69 Å². The molecule has 140 valence electrons. The third kappa shape index (κ3) is 3.90. The number of hydrogen-bond donors (Lipinski definition) is 2. The molecule has 1 heterocycles. The SMILES string of the molecule is CNC(C)CNC(=O)c1cnn(-c2cccc(C(F)(F)F)c2)c1C1CC1. The maximum Gasteiger partial charge on any atom is 0.416 e. The number of carbonyl (C=O) groups is 1. The van der Waals surface area contributed by atoms with E-state index in [9.17, 15) is 18.0 Å². The highest BCUT2D eigenvalue weighted by Crippen LogP contribution is 2.42. The van der Waals surface area contributed by atoms with Crippen molar-refractivity contribution >= 4 is 5.91 Å². The van der Waals surface area contributed by atoms with Gasteiger partial charge in [0.2, 0.25) is 0 Å². The van der Waals surface area contributed by atoms with Gasteiger partial charge in [0, 0.05) is 18.5 Å². The van der Waals surface area contributed by atoms with Crippen LogP contribution in [0.5, 0.6) is 0 Å². The van der Waals surface area contributed by atoms with Crippen LogP contribution in [0.3, 0.4) is 0 Å². The van der Waals surface area contributed by atoms with Gasteiger partial charge in [0.15, 0.2) is 0 Å². The van der Waals surface area contributed by atoms with Crippen molar-refractivity contribution < 1.29 is 18.0 Å². The summed E-state index contributed by atoms with van der Waals surface area (Å²) < 4.78 is 40.5. The van der Waals surface area contributed by atoms with Gasteiger partial charge < -0.3 is 10.6 Å². The molecule has 1 amide bonds. The molecule has 1 saturated carbocycles. The largest absolute Gasteiger partial charge is 0.416 e. The molecule has 26 heavy (non-hydrogen) atoms. The van der Waals surface area contributed by atoms with Gasteiger partial charge in [0.1, 0.15) is 0 Å². The second kappa shape index (κ2) is 7.11. The molecular weight excluding hydrogens is 345 g/mol. The zero-order valence-electron chi connectivity index (χ0n) is 14.6. The highest BCUT2D eigenvalue weighted by Gasteiger charge is 2.34. The van der Waals surface area contributed by atoms with Gasteiger partial charge in [-0.3, -0.25) is 4.79 Å². The molecule has 8 heteroatoms. The fraction of sp³-hybridized carbons (Fsp3) is 0.444. The molecule has 1 aromatic carbocycles. The average molecular weight is 366 g/mol. The molecule has 5 nitrogen and oxygen atoms in total. The van der Waals surface area contributed by atoms with E-state index >= 15 is 0 Å². The van der Waals surface area contributed by atoms with Gasteiger partial charge in [-0.15, -0.1) is 0 Å². The van der Waals surface area contributed by atoms with Crippen molar-refractivity contribution in [1.29, 1.82) is 0 Å².